The molecular formula is C8H12N4S. The van der Waals surface area contributed by atoms with Gasteiger partial charge in [-0.25, -0.2) is 9.98 Å². The van der Waals surface area contributed by atoms with Crippen LogP contribution >= 0.6 is 11.8 Å². The van der Waals surface area contributed by atoms with E-state index in [-0.39, 0.29) is 11.3 Å². The van der Waals surface area contributed by atoms with Crippen molar-refractivity contribution in [2.75, 3.05) is 0 Å². The van der Waals surface area contributed by atoms with Crippen molar-refractivity contribution in [3.8, 4) is 0 Å². The van der Waals surface area contributed by atoms with Crippen LogP contribution in [0.25, 0.3) is 0 Å². The number of fused-ring (bicyclic) bond motifs is 1. The van der Waals surface area contributed by atoms with Gasteiger partial charge in [-0.05, 0) is 18.8 Å². The highest BCUT2D eigenvalue weighted by Crippen LogP contribution is 2.43. The summed E-state index contributed by atoms with van der Waals surface area (Å²) in [5.41, 5.74) is 12.6. The molecule has 13 heavy (non-hydrogen) atoms. The zero-order valence-corrected chi connectivity index (χ0v) is 8.43. The van der Waals surface area contributed by atoms with Gasteiger partial charge in [-0.2, -0.15) is 0 Å². The number of thioether (sulfide) groups is 1. The lowest BCUT2D eigenvalue weighted by Gasteiger charge is -2.20. The lowest BCUT2D eigenvalue weighted by atomic mass is 9.99. The first-order valence-electron chi connectivity index (χ1n) is 4.11. The van der Waals surface area contributed by atoms with Gasteiger partial charge in [0, 0.05) is 0 Å². The zero-order valence-electron chi connectivity index (χ0n) is 7.61. The normalized spacial score (nSPS) is 32.8. The highest BCUT2D eigenvalue weighted by Gasteiger charge is 2.36. The monoisotopic (exact) mass is 196 g/mol. The maximum atomic E-state index is 5.80. The summed E-state index contributed by atoms with van der Waals surface area (Å²) < 4.78 is 0. The van der Waals surface area contributed by atoms with Crippen LogP contribution in [-0.4, -0.2) is 17.2 Å². The van der Waals surface area contributed by atoms with E-state index in [2.05, 4.69) is 23.8 Å². The summed E-state index contributed by atoms with van der Waals surface area (Å²) in [7, 11) is 0. The molecule has 0 aromatic carbocycles. The van der Waals surface area contributed by atoms with Crippen molar-refractivity contribution in [1.29, 1.82) is 0 Å². The number of hydrogen-bond donors (Lipinski definition) is 2. The third kappa shape index (κ3) is 1.23. The molecule has 5 heteroatoms. The quantitative estimate of drug-likeness (QED) is 0.597. The van der Waals surface area contributed by atoms with Crippen LogP contribution in [0.15, 0.2) is 20.5 Å². The number of aliphatic imine (C=N–C) groups is 2. The summed E-state index contributed by atoms with van der Waals surface area (Å²) in [6, 6.07) is 0. The van der Waals surface area contributed by atoms with Crippen molar-refractivity contribution >= 4 is 23.6 Å². The van der Waals surface area contributed by atoms with E-state index in [4.69, 9.17) is 11.5 Å². The van der Waals surface area contributed by atoms with Crippen LogP contribution in [0, 0.1) is 5.92 Å². The number of nitrogens with zero attached hydrogens (tertiary/aromatic N) is 2. The summed E-state index contributed by atoms with van der Waals surface area (Å²) in [5.74, 6) is 1.06. The second-order valence-corrected chi connectivity index (χ2v) is 4.58. The smallest absolute Gasteiger partial charge is 0.218 e. The maximum Gasteiger partial charge on any atom is 0.218 e. The number of allylic oxidation sites excluding steroid dienone is 1. The van der Waals surface area contributed by atoms with E-state index in [0.717, 1.165) is 0 Å². The van der Waals surface area contributed by atoms with E-state index in [1.807, 2.05) is 0 Å². The number of guanidine groups is 1. The Hall–Kier alpha value is -0.970. The molecule has 2 unspecified atom stereocenters. The van der Waals surface area contributed by atoms with E-state index >= 15 is 0 Å². The molecule has 0 fully saturated rings. The Morgan fingerprint density at radius 3 is 2.69 bits per heavy atom. The van der Waals surface area contributed by atoms with Gasteiger partial charge in [-0.3, -0.25) is 0 Å². The van der Waals surface area contributed by atoms with Crippen molar-refractivity contribution in [3.05, 3.63) is 10.5 Å². The topological polar surface area (TPSA) is 76.8 Å². The summed E-state index contributed by atoms with van der Waals surface area (Å²) in [6.45, 7) is 4.16. The van der Waals surface area contributed by atoms with Gasteiger partial charge in [0.15, 0.2) is 0 Å². The molecule has 0 saturated heterocycles. The Morgan fingerprint density at radius 1 is 1.31 bits per heavy atom. The minimum absolute atomic E-state index is 0.123. The van der Waals surface area contributed by atoms with Gasteiger partial charge in [0.05, 0.1) is 5.92 Å². The van der Waals surface area contributed by atoms with Crippen LogP contribution in [0.1, 0.15) is 13.8 Å². The van der Waals surface area contributed by atoms with Crippen LogP contribution in [0.5, 0.6) is 0 Å². The van der Waals surface area contributed by atoms with Crippen LogP contribution < -0.4 is 11.5 Å². The molecule has 2 atom stereocenters. The number of hydrogen-bond acceptors (Lipinski definition) is 5. The van der Waals surface area contributed by atoms with Crippen molar-refractivity contribution in [1.82, 2.24) is 0 Å². The first-order chi connectivity index (χ1) is 6.09. The lowest BCUT2D eigenvalue weighted by Crippen LogP contribution is -2.36. The molecule has 70 valence electrons. The predicted octanol–water partition coefficient (Wildman–Crippen LogP) is 0.655. The van der Waals surface area contributed by atoms with Gasteiger partial charge >= 0.3 is 0 Å². The Kier molecular flexibility index (Phi) is 1.83. The molecule has 0 aromatic heterocycles. The molecule has 0 amide bonds. The zero-order chi connectivity index (χ0) is 9.59. The summed E-state index contributed by atoms with van der Waals surface area (Å²) >= 11 is 1.72. The molecule has 4 N–H and O–H groups in total. The molecule has 0 radical (unpaired) electrons. The van der Waals surface area contributed by atoms with E-state index in [1.165, 1.54) is 10.5 Å². The van der Waals surface area contributed by atoms with Crippen molar-refractivity contribution in [2.24, 2.45) is 27.4 Å². The average molecular weight is 196 g/mol. The Balaban J connectivity index is 2.39. The molecular weight excluding hydrogens is 184 g/mol. The maximum absolute atomic E-state index is 5.80. The molecule has 4 nitrogen and oxygen atoms in total. The molecule has 2 rings (SSSR count). The van der Waals surface area contributed by atoms with Gasteiger partial charge in [0.25, 0.3) is 0 Å². The predicted molar refractivity (Wildman–Crippen MR) is 56.5 cm³/mol. The van der Waals surface area contributed by atoms with E-state index in [0.29, 0.717) is 11.8 Å². The Bertz CT molecular complexity index is 342. The first kappa shape index (κ1) is 8.62. The van der Waals surface area contributed by atoms with Crippen LogP contribution in [0.2, 0.25) is 0 Å². The van der Waals surface area contributed by atoms with Crippen LogP contribution in [-0.2, 0) is 0 Å². The van der Waals surface area contributed by atoms with Gasteiger partial charge in [0.1, 0.15) is 11.2 Å². The molecule has 0 spiro atoms. The molecule has 2 aliphatic rings. The van der Waals surface area contributed by atoms with Gasteiger partial charge in [-0.15, -0.1) is 11.8 Å². The number of amidine groups is 1. The number of nitrogens with two attached hydrogens (primary N) is 2. The van der Waals surface area contributed by atoms with Crippen molar-refractivity contribution < 1.29 is 0 Å². The second-order valence-electron chi connectivity index (χ2n) is 3.25. The second kappa shape index (κ2) is 2.77. The summed E-state index contributed by atoms with van der Waals surface area (Å²) in [4.78, 5) is 9.51. The van der Waals surface area contributed by atoms with E-state index in [9.17, 15) is 0 Å². The molecule has 0 aromatic rings. The largest absolute Gasteiger partial charge is 0.386 e. The minimum Gasteiger partial charge on any atom is -0.386 e. The van der Waals surface area contributed by atoms with Crippen molar-refractivity contribution in [3.63, 3.8) is 0 Å². The molecule has 0 bridgehead atoms. The summed E-state index contributed by atoms with van der Waals surface area (Å²) in [6.07, 6.45) is 0. The first-order valence-corrected chi connectivity index (χ1v) is 4.99. The molecule has 0 saturated carbocycles. The SMILES string of the molecule is CC1=C(C)C2C(N)=NC(N)=NC2S1. The molecule has 2 heterocycles. The molecule has 0 aliphatic carbocycles. The minimum atomic E-state index is 0.123. The van der Waals surface area contributed by atoms with Crippen molar-refractivity contribution in [2.45, 2.75) is 19.2 Å². The standard InChI is InChI=1S/C8H12N4S/c1-3-4(2)13-7-5(3)6(9)11-8(10)12-7/h5,7H,1-2H3,(H4,9,10,11,12). The third-order valence-electron chi connectivity index (χ3n) is 2.43. The van der Waals surface area contributed by atoms with E-state index in [1.54, 1.807) is 11.8 Å². The lowest BCUT2D eigenvalue weighted by molar-refractivity contribution is 0.754. The fraction of sp³-hybridized carbons (Fsp3) is 0.500. The summed E-state index contributed by atoms with van der Waals surface area (Å²) in [5, 5.41) is 0.123. The average Bonchev–Trinajstić information content (AvgIpc) is 2.27. The van der Waals surface area contributed by atoms with Gasteiger partial charge in [-0.1, -0.05) is 5.57 Å². The van der Waals surface area contributed by atoms with E-state index < -0.39 is 0 Å². The fourth-order valence-corrected chi connectivity index (χ4v) is 2.92. The van der Waals surface area contributed by atoms with Crippen LogP contribution in [0.3, 0.4) is 0 Å². The highest BCUT2D eigenvalue weighted by molar-refractivity contribution is 8.04. The Labute approximate surface area is 81.2 Å². The highest BCUT2D eigenvalue weighted by atomic mass is 32.2. The van der Waals surface area contributed by atoms with Gasteiger partial charge in [0.2, 0.25) is 5.96 Å². The Morgan fingerprint density at radius 2 is 2.00 bits per heavy atom. The number of rotatable bonds is 0. The van der Waals surface area contributed by atoms with Crippen LogP contribution in [0.4, 0.5) is 0 Å². The van der Waals surface area contributed by atoms with Gasteiger partial charge < -0.3 is 11.5 Å². The fourth-order valence-electron chi connectivity index (χ4n) is 1.60. The molecule has 2 aliphatic heterocycles. The third-order valence-corrected chi connectivity index (χ3v) is 3.72.